The first-order valence-electron chi connectivity index (χ1n) is 6.77. The van der Waals surface area contributed by atoms with Gasteiger partial charge in [0.25, 0.3) is 0 Å². The van der Waals surface area contributed by atoms with Crippen LogP contribution in [-0.4, -0.2) is 30.1 Å². The van der Waals surface area contributed by atoms with Gasteiger partial charge in [0.05, 0.1) is 0 Å². The Hall–Kier alpha value is -0.0800. The molecule has 2 nitrogen and oxygen atoms in total. The lowest BCUT2D eigenvalue weighted by Gasteiger charge is -2.35. The molecule has 1 rings (SSSR count). The molecule has 1 saturated carbocycles. The molecule has 0 spiro atoms. The van der Waals surface area contributed by atoms with Crippen molar-refractivity contribution in [3.05, 3.63) is 0 Å². The smallest absolute Gasteiger partial charge is 0.0167 e. The van der Waals surface area contributed by atoms with E-state index in [-0.39, 0.29) is 0 Å². The summed E-state index contributed by atoms with van der Waals surface area (Å²) < 4.78 is 0. The highest BCUT2D eigenvalue weighted by Crippen LogP contribution is 2.22. The van der Waals surface area contributed by atoms with Crippen molar-refractivity contribution in [3.8, 4) is 0 Å². The van der Waals surface area contributed by atoms with Crippen molar-refractivity contribution >= 4 is 0 Å². The fourth-order valence-electron chi connectivity index (χ4n) is 2.75. The molecule has 1 fully saturated rings. The van der Waals surface area contributed by atoms with Gasteiger partial charge in [0.15, 0.2) is 0 Å². The van der Waals surface area contributed by atoms with Crippen LogP contribution in [0.3, 0.4) is 0 Å². The Labute approximate surface area is 95.2 Å². The molecule has 90 valence electrons. The van der Waals surface area contributed by atoms with Gasteiger partial charge in [-0.25, -0.2) is 0 Å². The second kappa shape index (κ2) is 7.24. The van der Waals surface area contributed by atoms with Crippen LogP contribution in [0.15, 0.2) is 0 Å². The molecule has 0 aromatic rings. The van der Waals surface area contributed by atoms with Crippen LogP contribution in [0.5, 0.6) is 0 Å². The maximum atomic E-state index is 6.13. The van der Waals surface area contributed by atoms with Gasteiger partial charge >= 0.3 is 0 Å². The summed E-state index contributed by atoms with van der Waals surface area (Å²) in [5.74, 6) is 0. The summed E-state index contributed by atoms with van der Waals surface area (Å²) in [6.07, 6.45) is 9.45. The monoisotopic (exact) mass is 212 g/mol. The van der Waals surface area contributed by atoms with E-state index in [0.717, 1.165) is 12.6 Å². The third kappa shape index (κ3) is 4.52. The van der Waals surface area contributed by atoms with E-state index in [1.165, 1.54) is 51.5 Å². The Morgan fingerprint density at radius 1 is 1.20 bits per heavy atom. The fraction of sp³-hybridized carbons (Fsp3) is 1.00. The van der Waals surface area contributed by atoms with Gasteiger partial charge in [-0.1, -0.05) is 39.5 Å². The van der Waals surface area contributed by atoms with Gasteiger partial charge in [-0.15, -0.1) is 0 Å². The zero-order valence-electron chi connectivity index (χ0n) is 10.5. The minimum atomic E-state index is 0.386. The molecule has 0 bridgehead atoms. The fourth-order valence-corrected chi connectivity index (χ4v) is 2.75. The molecule has 1 aliphatic rings. The first kappa shape index (κ1) is 13.0. The maximum Gasteiger partial charge on any atom is 0.0167 e. The first-order valence-corrected chi connectivity index (χ1v) is 6.77. The van der Waals surface area contributed by atoms with Crippen LogP contribution in [0.2, 0.25) is 0 Å². The molecule has 0 aromatic carbocycles. The lowest BCUT2D eigenvalue weighted by molar-refractivity contribution is 0.153. The van der Waals surface area contributed by atoms with Crippen LogP contribution in [0.4, 0.5) is 0 Å². The van der Waals surface area contributed by atoms with E-state index in [1.807, 2.05) is 0 Å². The number of nitrogens with zero attached hydrogens (tertiary/aromatic N) is 1. The van der Waals surface area contributed by atoms with E-state index in [1.54, 1.807) is 0 Å². The normalized spacial score (nSPS) is 20.8. The van der Waals surface area contributed by atoms with Crippen LogP contribution in [0.25, 0.3) is 0 Å². The third-order valence-electron chi connectivity index (χ3n) is 3.63. The zero-order chi connectivity index (χ0) is 11.1. The molecule has 1 aliphatic carbocycles. The van der Waals surface area contributed by atoms with E-state index in [2.05, 4.69) is 18.7 Å². The van der Waals surface area contributed by atoms with Gasteiger partial charge in [0, 0.05) is 18.6 Å². The van der Waals surface area contributed by atoms with E-state index in [9.17, 15) is 0 Å². The second-order valence-corrected chi connectivity index (χ2v) is 4.93. The van der Waals surface area contributed by atoms with Crippen molar-refractivity contribution in [2.45, 2.75) is 70.9 Å². The van der Waals surface area contributed by atoms with Gasteiger partial charge < -0.3 is 5.73 Å². The van der Waals surface area contributed by atoms with Gasteiger partial charge in [-0.2, -0.15) is 0 Å². The Morgan fingerprint density at radius 2 is 1.87 bits per heavy atom. The number of rotatable bonds is 6. The van der Waals surface area contributed by atoms with Crippen LogP contribution in [0, 0.1) is 0 Å². The molecule has 2 N–H and O–H groups in total. The lowest BCUT2D eigenvalue weighted by atomic mass is 9.93. The van der Waals surface area contributed by atoms with Crippen molar-refractivity contribution in [3.63, 3.8) is 0 Å². The summed E-state index contributed by atoms with van der Waals surface area (Å²) >= 11 is 0. The van der Waals surface area contributed by atoms with Crippen molar-refractivity contribution < 1.29 is 0 Å². The molecule has 0 heterocycles. The number of likely N-dealkylation sites (N-methyl/N-ethyl adjacent to an activating group) is 1. The van der Waals surface area contributed by atoms with E-state index in [4.69, 9.17) is 5.73 Å². The average Bonchev–Trinajstić information content (AvgIpc) is 2.27. The first-order chi connectivity index (χ1) is 7.27. The van der Waals surface area contributed by atoms with Crippen molar-refractivity contribution in [2.75, 3.05) is 13.1 Å². The van der Waals surface area contributed by atoms with Crippen molar-refractivity contribution in [1.29, 1.82) is 0 Å². The molecular weight excluding hydrogens is 184 g/mol. The Morgan fingerprint density at radius 3 is 2.40 bits per heavy atom. The Bertz CT molecular complexity index is 153. The molecule has 1 atom stereocenters. The van der Waals surface area contributed by atoms with Crippen molar-refractivity contribution in [2.24, 2.45) is 5.73 Å². The van der Waals surface area contributed by atoms with Gasteiger partial charge in [-0.3, -0.25) is 4.90 Å². The molecule has 0 unspecified atom stereocenters. The highest BCUT2D eigenvalue weighted by Gasteiger charge is 2.20. The third-order valence-corrected chi connectivity index (χ3v) is 3.63. The topological polar surface area (TPSA) is 29.3 Å². The van der Waals surface area contributed by atoms with Crippen LogP contribution in [-0.2, 0) is 0 Å². The minimum Gasteiger partial charge on any atom is -0.327 e. The second-order valence-electron chi connectivity index (χ2n) is 4.93. The van der Waals surface area contributed by atoms with Crippen molar-refractivity contribution in [1.82, 2.24) is 4.90 Å². The number of hydrogen-bond donors (Lipinski definition) is 1. The van der Waals surface area contributed by atoms with Crippen LogP contribution >= 0.6 is 0 Å². The Balaban J connectivity index is 2.32. The predicted octanol–water partition coefficient (Wildman–Crippen LogP) is 2.77. The largest absolute Gasteiger partial charge is 0.327 e. The molecule has 0 amide bonds. The SMILES string of the molecule is CCC[C@H](N)CN(CC)C1CCCCC1. The maximum absolute atomic E-state index is 6.13. The zero-order valence-corrected chi connectivity index (χ0v) is 10.5. The van der Waals surface area contributed by atoms with Crippen LogP contribution < -0.4 is 5.73 Å². The quantitative estimate of drug-likeness (QED) is 0.733. The van der Waals surface area contributed by atoms with Gasteiger partial charge in [0.1, 0.15) is 0 Å². The highest BCUT2D eigenvalue weighted by atomic mass is 15.2. The number of hydrogen-bond acceptors (Lipinski definition) is 2. The van der Waals surface area contributed by atoms with E-state index in [0.29, 0.717) is 6.04 Å². The molecule has 2 heteroatoms. The summed E-state index contributed by atoms with van der Waals surface area (Å²) in [5.41, 5.74) is 6.13. The molecular formula is C13H28N2. The molecule has 0 aromatic heterocycles. The summed E-state index contributed by atoms with van der Waals surface area (Å²) in [7, 11) is 0. The van der Waals surface area contributed by atoms with E-state index < -0.39 is 0 Å². The molecule has 0 saturated heterocycles. The molecule has 0 aliphatic heterocycles. The Kier molecular flexibility index (Phi) is 6.26. The summed E-state index contributed by atoms with van der Waals surface area (Å²) in [4.78, 5) is 2.61. The predicted molar refractivity (Wildman–Crippen MR) is 67.0 cm³/mol. The van der Waals surface area contributed by atoms with Gasteiger partial charge in [-0.05, 0) is 25.8 Å². The van der Waals surface area contributed by atoms with Crippen LogP contribution in [0.1, 0.15) is 58.8 Å². The molecule has 15 heavy (non-hydrogen) atoms. The summed E-state index contributed by atoms with van der Waals surface area (Å²) in [5, 5.41) is 0. The molecule has 0 radical (unpaired) electrons. The minimum absolute atomic E-state index is 0.386. The number of nitrogens with two attached hydrogens (primary N) is 1. The highest BCUT2D eigenvalue weighted by molar-refractivity contribution is 4.78. The summed E-state index contributed by atoms with van der Waals surface area (Å²) in [6, 6.07) is 1.21. The summed E-state index contributed by atoms with van der Waals surface area (Å²) in [6.45, 7) is 6.76. The van der Waals surface area contributed by atoms with E-state index >= 15 is 0 Å². The lowest BCUT2D eigenvalue weighted by Crippen LogP contribution is -2.44. The standard InChI is InChI=1S/C13H28N2/c1-3-8-12(14)11-15(4-2)13-9-6-5-7-10-13/h12-13H,3-11,14H2,1-2H3/t12-/m0/s1. The average molecular weight is 212 g/mol. The van der Waals surface area contributed by atoms with Gasteiger partial charge in [0.2, 0.25) is 0 Å².